The van der Waals surface area contributed by atoms with E-state index in [1.165, 1.54) is 4.90 Å². The van der Waals surface area contributed by atoms with Crippen LogP contribution in [0.5, 0.6) is 5.75 Å². The van der Waals surface area contributed by atoms with Gasteiger partial charge in [0.2, 0.25) is 0 Å². The summed E-state index contributed by atoms with van der Waals surface area (Å²) >= 11 is 6.01. The van der Waals surface area contributed by atoms with E-state index in [0.717, 1.165) is 18.2 Å². The first kappa shape index (κ1) is 24.9. The number of phenols is 1. The van der Waals surface area contributed by atoms with Crippen LogP contribution < -0.4 is 4.72 Å². The van der Waals surface area contributed by atoms with Crippen LogP contribution in [-0.2, 0) is 10.0 Å². The molecule has 184 valence electrons. The second kappa shape index (κ2) is 9.10. The zero-order valence-electron chi connectivity index (χ0n) is 18.4. The van der Waals surface area contributed by atoms with Gasteiger partial charge >= 0.3 is 0 Å². The Kier molecular flexibility index (Phi) is 6.48. The smallest absolute Gasteiger partial charge is 0.265 e. The molecular weight excluding hydrogens is 502 g/mol. The SMILES string of the molecule is C[C@@]1(O)CCN(C(=O)c2cc(Cl)c(O)c(S(=O)(=O)Nc3cc(-c4ccccc4)c(F)cc3F)c2)C1. The summed E-state index contributed by atoms with van der Waals surface area (Å²) in [6.45, 7) is 1.85. The Balaban J connectivity index is 1.71. The number of nitrogens with one attached hydrogen (secondary N) is 1. The number of rotatable bonds is 5. The highest BCUT2D eigenvalue weighted by Gasteiger charge is 2.35. The highest BCUT2D eigenvalue weighted by molar-refractivity contribution is 7.92. The summed E-state index contributed by atoms with van der Waals surface area (Å²) in [6.07, 6.45) is 0.338. The molecule has 1 aliphatic heterocycles. The fraction of sp³-hybridized carbons (Fsp3) is 0.208. The van der Waals surface area contributed by atoms with E-state index >= 15 is 0 Å². The van der Waals surface area contributed by atoms with Gasteiger partial charge in [0.25, 0.3) is 15.9 Å². The number of likely N-dealkylation sites (tertiary alicyclic amines) is 1. The first-order valence-electron chi connectivity index (χ1n) is 10.5. The second-order valence-electron chi connectivity index (χ2n) is 8.56. The molecule has 1 saturated heterocycles. The predicted octanol–water partition coefficient (Wildman–Crippen LogP) is 4.39. The number of aromatic hydroxyl groups is 1. The minimum atomic E-state index is -4.67. The van der Waals surface area contributed by atoms with E-state index in [-0.39, 0.29) is 24.2 Å². The van der Waals surface area contributed by atoms with Crippen molar-refractivity contribution in [1.29, 1.82) is 0 Å². The van der Waals surface area contributed by atoms with E-state index in [0.29, 0.717) is 18.1 Å². The third-order valence-electron chi connectivity index (χ3n) is 5.69. The molecular formula is C24H21ClF2N2O5S. The maximum Gasteiger partial charge on any atom is 0.265 e. The molecule has 1 amide bonds. The van der Waals surface area contributed by atoms with Crippen LogP contribution in [0.1, 0.15) is 23.7 Å². The zero-order chi connectivity index (χ0) is 25.5. The number of carbonyl (C=O) groups is 1. The predicted molar refractivity (Wildman–Crippen MR) is 127 cm³/mol. The van der Waals surface area contributed by atoms with Crippen LogP contribution in [-0.4, -0.2) is 48.1 Å². The summed E-state index contributed by atoms with van der Waals surface area (Å²) in [5.41, 5.74) is -1.44. The van der Waals surface area contributed by atoms with Crippen molar-refractivity contribution in [3.05, 3.63) is 76.8 Å². The molecule has 1 aliphatic rings. The first-order chi connectivity index (χ1) is 16.4. The number of aliphatic hydroxyl groups is 1. The molecule has 35 heavy (non-hydrogen) atoms. The lowest BCUT2D eigenvalue weighted by atomic mass is 10.0. The minimum absolute atomic E-state index is 0.0354. The van der Waals surface area contributed by atoms with Crippen molar-refractivity contribution in [3.8, 4) is 16.9 Å². The highest BCUT2D eigenvalue weighted by Crippen LogP contribution is 2.36. The second-order valence-corrected chi connectivity index (χ2v) is 10.6. The molecule has 7 nitrogen and oxygen atoms in total. The van der Waals surface area contributed by atoms with Crippen LogP contribution in [0.15, 0.2) is 59.5 Å². The van der Waals surface area contributed by atoms with Crippen molar-refractivity contribution in [3.63, 3.8) is 0 Å². The lowest BCUT2D eigenvalue weighted by molar-refractivity contribution is 0.0572. The normalized spacial score (nSPS) is 18.0. The molecule has 11 heteroatoms. The lowest BCUT2D eigenvalue weighted by Gasteiger charge is -2.20. The molecule has 0 bridgehead atoms. The van der Waals surface area contributed by atoms with Gasteiger partial charge in [-0.2, -0.15) is 0 Å². The number of nitrogens with zero attached hydrogens (tertiary/aromatic N) is 1. The first-order valence-corrected chi connectivity index (χ1v) is 12.4. The van der Waals surface area contributed by atoms with Gasteiger partial charge in [-0.3, -0.25) is 9.52 Å². The van der Waals surface area contributed by atoms with E-state index in [2.05, 4.69) is 0 Å². The summed E-state index contributed by atoms with van der Waals surface area (Å²) in [5, 5.41) is 20.1. The summed E-state index contributed by atoms with van der Waals surface area (Å²) in [4.78, 5) is 13.5. The van der Waals surface area contributed by atoms with Crippen molar-refractivity contribution in [2.75, 3.05) is 17.8 Å². The maximum atomic E-state index is 14.5. The Morgan fingerprint density at radius 2 is 1.80 bits per heavy atom. The monoisotopic (exact) mass is 522 g/mol. The van der Waals surface area contributed by atoms with Crippen LogP contribution in [0.3, 0.4) is 0 Å². The number of phenolic OH excluding ortho intramolecular Hbond substituents is 1. The van der Waals surface area contributed by atoms with Crippen LogP contribution in [0, 0.1) is 11.6 Å². The van der Waals surface area contributed by atoms with Gasteiger partial charge < -0.3 is 15.1 Å². The summed E-state index contributed by atoms with van der Waals surface area (Å²) < 4.78 is 57.1. The molecule has 1 fully saturated rings. The summed E-state index contributed by atoms with van der Waals surface area (Å²) in [7, 11) is -4.67. The quantitative estimate of drug-likeness (QED) is 0.461. The number of carbonyl (C=O) groups excluding carboxylic acids is 1. The number of halogens is 3. The number of amides is 1. The zero-order valence-corrected chi connectivity index (χ0v) is 20.0. The largest absolute Gasteiger partial charge is 0.505 e. The fourth-order valence-electron chi connectivity index (χ4n) is 3.87. The average Bonchev–Trinajstić information content (AvgIpc) is 3.16. The van der Waals surface area contributed by atoms with Crippen molar-refractivity contribution in [2.45, 2.75) is 23.8 Å². The molecule has 3 N–H and O–H groups in total. The minimum Gasteiger partial charge on any atom is -0.505 e. The molecule has 0 aliphatic carbocycles. The Bertz CT molecular complexity index is 1420. The number of hydrogen-bond donors (Lipinski definition) is 3. The molecule has 4 rings (SSSR count). The topological polar surface area (TPSA) is 107 Å². The van der Waals surface area contributed by atoms with Gasteiger partial charge in [0.1, 0.15) is 16.5 Å². The van der Waals surface area contributed by atoms with Gasteiger partial charge in [-0.15, -0.1) is 0 Å². The van der Waals surface area contributed by atoms with E-state index < -0.39 is 54.5 Å². The van der Waals surface area contributed by atoms with E-state index in [1.807, 2.05) is 4.72 Å². The van der Waals surface area contributed by atoms with Crippen LogP contribution in [0.2, 0.25) is 5.02 Å². The Labute approximate surface area is 205 Å². The molecule has 0 spiro atoms. The van der Waals surface area contributed by atoms with Gasteiger partial charge in [-0.05, 0) is 37.1 Å². The van der Waals surface area contributed by atoms with Crippen molar-refractivity contribution >= 4 is 33.2 Å². The third-order valence-corrected chi connectivity index (χ3v) is 7.36. The molecule has 1 atom stereocenters. The molecule has 0 aromatic heterocycles. The van der Waals surface area contributed by atoms with Gasteiger partial charge in [0.05, 0.1) is 16.3 Å². The van der Waals surface area contributed by atoms with Gasteiger partial charge in [-0.1, -0.05) is 41.9 Å². The molecule has 0 radical (unpaired) electrons. The molecule has 0 saturated carbocycles. The van der Waals surface area contributed by atoms with Gasteiger partial charge in [-0.25, -0.2) is 17.2 Å². The van der Waals surface area contributed by atoms with Crippen molar-refractivity contribution < 1.29 is 32.2 Å². The summed E-state index contributed by atoms with van der Waals surface area (Å²) in [5.74, 6) is -3.50. The van der Waals surface area contributed by atoms with Gasteiger partial charge in [0.15, 0.2) is 5.75 Å². The van der Waals surface area contributed by atoms with Gasteiger partial charge in [0, 0.05) is 30.3 Å². The van der Waals surface area contributed by atoms with E-state index in [9.17, 15) is 32.2 Å². The number of sulfonamides is 1. The average molecular weight is 523 g/mol. The van der Waals surface area contributed by atoms with E-state index in [1.54, 1.807) is 37.3 Å². The third kappa shape index (κ3) is 5.09. The number of hydrogen-bond acceptors (Lipinski definition) is 5. The van der Waals surface area contributed by atoms with Crippen molar-refractivity contribution in [2.24, 2.45) is 0 Å². The lowest BCUT2D eigenvalue weighted by Crippen LogP contribution is -2.34. The Morgan fingerprint density at radius 1 is 1.11 bits per heavy atom. The molecule has 3 aromatic rings. The number of benzene rings is 3. The number of β-amino-alcohol motifs (C(OH)–C–C–N with tert-alkyl or cyclic N) is 1. The van der Waals surface area contributed by atoms with Crippen LogP contribution in [0.4, 0.5) is 14.5 Å². The Morgan fingerprint density at radius 3 is 2.43 bits per heavy atom. The molecule has 3 aromatic carbocycles. The number of anilines is 1. The summed E-state index contributed by atoms with van der Waals surface area (Å²) in [6, 6.07) is 11.7. The fourth-order valence-corrected chi connectivity index (χ4v) is 5.35. The molecule has 0 unspecified atom stereocenters. The van der Waals surface area contributed by atoms with Crippen LogP contribution in [0.25, 0.3) is 11.1 Å². The Hall–Kier alpha value is -3.21. The van der Waals surface area contributed by atoms with Crippen molar-refractivity contribution in [1.82, 2.24) is 4.90 Å². The molecule has 1 heterocycles. The van der Waals surface area contributed by atoms with Crippen LogP contribution >= 0.6 is 11.6 Å². The highest BCUT2D eigenvalue weighted by atomic mass is 35.5. The van der Waals surface area contributed by atoms with E-state index in [4.69, 9.17) is 11.6 Å². The maximum absolute atomic E-state index is 14.5. The standard InChI is InChI=1S/C24H21ClF2N2O5S/c1-24(32)7-8-29(13-24)23(31)15-9-17(25)22(30)21(10-15)35(33,34)28-20-11-16(18(26)12-19(20)27)14-5-3-2-4-6-14/h2-6,9-12,28,30,32H,7-8,13H2,1H3/t24-/m1/s1.